The Morgan fingerprint density at radius 2 is 1.90 bits per heavy atom. The van der Waals surface area contributed by atoms with Gasteiger partial charge in [-0.2, -0.15) is 0 Å². The summed E-state index contributed by atoms with van der Waals surface area (Å²) >= 11 is 0. The second kappa shape index (κ2) is 6.44. The molecule has 1 amide bonds. The molecule has 4 heteroatoms. The maximum absolute atomic E-state index is 11.4. The number of nitrogens with zero attached hydrogens (tertiary/aromatic N) is 1. The van der Waals surface area contributed by atoms with Crippen LogP contribution in [0.4, 0.5) is 0 Å². The van der Waals surface area contributed by atoms with Gasteiger partial charge in [0.2, 0.25) is 5.91 Å². The number of nitrogens with one attached hydrogen (secondary N) is 2. The predicted molar refractivity (Wildman–Crippen MR) is 80.6 cm³/mol. The standard InChI is InChI=1S/C16H29N3O/c1-12(20)19-10-7-13(8-11-19)18-16-5-2-4-14(16)15-6-3-9-17-15/h13-18H,2-11H2,1H3. The van der Waals surface area contributed by atoms with Gasteiger partial charge in [-0.05, 0) is 51.0 Å². The van der Waals surface area contributed by atoms with Crippen LogP contribution in [0.5, 0.6) is 0 Å². The van der Waals surface area contributed by atoms with Crippen molar-refractivity contribution in [3.8, 4) is 0 Å². The summed E-state index contributed by atoms with van der Waals surface area (Å²) in [6, 6.07) is 2.09. The third-order valence-corrected chi connectivity index (χ3v) is 5.57. The molecule has 20 heavy (non-hydrogen) atoms. The van der Waals surface area contributed by atoms with E-state index in [4.69, 9.17) is 0 Å². The molecule has 3 fully saturated rings. The zero-order valence-electron chi connectivity index (χ0n) is 12.7. The molecule has 4 nitrogen and oxygen atoms in total. The monoisotopic (exact) mass is 279 g/mol. The van der Waals surface area contributed by atoms with E-state index in [1.54, 1.807) is 6.92 Å². The molecule has 1 saturated carbocycles. The van der Waals surface area contributed by atoms with Crippen LogP contribution in [0.2, 0.25) is 0 Å². The molecule has 1 aliphatic carbocycles. The van der Waals surface area contributed by atoms with Crippen molar-refractivity contribution in [1.29, 1.82) is 0 Å². The summed E-state index contributed by atoms with van der Waals surface area (Å²) in [5.41, 5.74) is 0. The average molecular weight is 279 g/mol. The van der Waals surface area contributed by atoms with Gasteiger partial charge < -0.3 is 15.5 Å². The lowest BCUT2D eigenvalue weighted by atomic mass is 9.91. The minimum atomic E-state index is 0.234. The number of amides is 1. The van der Waals surface area contributed by atoms with Crippen LogP contribution in [-0.4, -0.2) is 48.6 Å². The van der Waals surface area contributed by atoms with Crippen molar-refractivity contribution >= 4 is 5.91 Å². The van der Waals surface area contributed by atoms with Crippen molar-refractivity contribution in [2.45, 2.75) is 70.0 Å². The smallest absolute Gasteiger partial charge is 0.219 e. The van der Waals surface area contributed by atoms with Gasteiger partial charge >= 0.3 is 0 Å². The van der Waals surface area contributed by atoms with Gasteiger partial charge in [0.05, 0.1) is 0 Å². The molecular formula is C16H29N3O. The van der Waals surface area contributed by atoms with Crippen LogP contribution in [0.3, 0.4) is 0 Å². The van der Waals surface area contributed by atoms with Crippen LogP contribution >= 0.6 is 0 Å². The highest BCUT2D eigenvalue weighted by molar-refractivity contribution is 5.73. The van der Waals surface area contributed by atoms with E-state index in [2.05, 4.69) is 10.6 Å². The molecule has 0 aromatic rings. The molecule has 3 rings (SSSR count). The Labute approximate surface area is 122 Å². The van der Waals surface area contributed by atoms with Crippen LogP contribution in [-0.2, 0) is 4.79 Å². The van der Waals surface area contributed by atoms with E-state index in [9.17, 15) is 4.79 Å². The van der Waals surface area contributed by atoms with Gasteiger partial charge in [0.25, 0.3) is 0 Å². The minimum Gasteiger partial charge on any atom is -0.343 e. The fourth-order valence-electron chi connectivity index (χ4n) is 4.42. The molecule has 0 aromatic carbocycles. The molecule has 114 valence electrons. The van der Waals surface area contributed by atoms with Gasteiger partial charge in [0, 0.05) is 38.1 Å². The van der Waals surface area contributed by atoms with E-state index >= 15 is 0 Å². The molecule has 0 spiro atoms. The molecule has 0 aromatic heterocycles. The Morgan fingerprint density at radius 1 is 1.10 bits per heavy atom. The zero-order chi connectivity index (χ0) is 13.9. The highest BCUT2D eigenvalue weighted by atomic mass is 16.2. The summed E-state index contributed by atoms with van der Waals surface area (Å²) in [7, 11) is 0. The lowest BCUT2D eigenvalue weighted by Gasteiger charge is -2.35. The Balaban J connectivity index is 1.49. The topological polar surface area (TPSA) is 44.4 Å². The van der Waals surface area contributed by atoms with Gasteiger partial charge in [-0.1, -0.05) is 6.42 Å². The third kappa shape index (κ3) is 3.17. The first-order chi connectivity index (χ1) is 9.74. The number of likely N-dealkylation sites (tertiary alicyclic amines) is 1. The molecule has 0 radical (unpaired) electrons. The fourth-order valence-corrected chi connectivity index (χ4v) is 4.42. The lowest BCUT2D eigenvalue weighted by Crippen LogP contribution is -2.50. The third-order valence-electron chi connectivity index (χ3n) is 5.57. The highest BCUT2D eigenvalue weighted by Crippen LogP contribution is 2.32. The van der Waals surface area contributed by atoms with Gasteiger partial charge in [-0.15, -0.1) is 0 Å². The van der Waals surface area contributed by atoms with Crippen molar-refractivity contribution in [3.05, 3.63) is 0 Å². The molecule has 3 aliphatic rings. The van der Waals surface area contributed by atoms with E-state index in [0.717, 1.165) is 37.9 Å². The number of hydrogen-bond donors (Lipinski definition) is 2. The summed E-state index contributed by atoms with van der Waals surface area (Å²) in [4.78, 5) is 13.4. The summed E-state index contributed by atoms with van der Waals surface area (Å²) in [6.07, 6.45) is 9.09. The number of hydrogen-bond acceptors (Lipinski definition) is 3. The van der Waals surface area contributed by atoms with Crippen LogP contribution in [0.15, 0.2) is 0 Å². The fraction of sp³-hybridized carbons (Fsp3) is 0.938. The normalized spacial score (nSPS) is 35.6. The summed E-state index contributed by atoms with van der Waals surface area (Å²) in [5, 5.41) is 7.62. The van der Waals surface area contributed by atoms with Gasteiger partial charge in [0.1, 0.15) is 0 Å². The van der Waals surface area contributed by atoms with E-state index < -0.39 is 0 Å². The van der Waals surface area contributed by atoms with Crippen LogP contribution < -0.4 is 10.6 Å². The maximum atomic E-state index is 11.4. The largest absolute Gasteiger partial charge is 0.343 e. The molecule has 2 saturated heterocycles. The number of carbonyl (C=O) groups is 1. The average Bonchev–Trinajstić information content (AvgIpc) is 3.09. The Hall–Kier alpha value is -0.610. The lowest BCUT2D eigenvalue weighted by molar-refractivity contribution is -0.129. The molecule has 2 heterocycles. The number of rotatable bonds is 3. The summed E-state index contributed by atoms with van der Waals surface area (Å²) < 4.78 is 0. The van der Waals surface area contributed by atoms with Crippen molar-refractivity contribution in [1.82, 2.24) is 15.5 Å². The maximum Gasteiger partial charge on any atom is 0.219 e. The minimum absolute atomic E-state index is 0.234. The van der Waals surface area contributed by atoms with E-state index in [1.165, 1.54) is 38.6 Å². The number of piperidine rings is 1. The molecule has 2 N–H and O–H groups in total. The molecular weight excluding hydrogens is 250 g/mol. The van der Waals surface area contributed by atoms with Gasteiger partial charge in [0.15, 0.2) is 0 Å². The molecule has 0 bridgehead atoms. The summed E-state index contributed by atoms with van der Waals surface area (Å²) in [5.74, 6) is 1.07. The van der Waals surface area contributed by atoms with Crippen molar-refractivity contribution < 1.29 is 4.79 Å². The quantitative estimate of drug-likeness (QED) is 0.823. The first kappa shape index (κ1) is 14.3. The van der Waals surface area contributed by atoms with Crippen LogP contribution in [0, 0.1) is 5.92 Å². The van der Waals surface area contributed by atoms with Gasteiger partial charge in [-0.25, -0.2) is 0 Å². The zero-order valence-corrected chi connectivity index (χ0v) is 12.7. The Bertz CT molecular complexity index is 333. The first-order valence-corrected chi connectivity index (χ1v) is 8.49. The van der Waals surface area contributed by atoms with E-state index in [0.29, 0.717) is 12.1 Å². The van der Waals surface area contributed by atoms with Crippen molar-refractivity contribution in [3.63, 3.8) is 0 Å². The highest BCUT2D eigenvalue weighted by Gasteiger charge is 2.36. The van der Waals surface area contributed by atoms with Crippen LogP contribution in [0.25, 0.3) is 0 Å². The van der Waals surface area contributed by atoms with Crippen LogP contribution in [0.1, 0.15) is 51.9 Å². The second-order valence-electron chi connectivity index (χ2n) is 6.85. The summed E-state index contributed by atoms with van der Waals surface area (Å²) in [6.45, 7) is 4.77. The van der Waals surface area contributed by atoms with E-state index in [-0.39, 0.29) is 5.91 Å². The first-order valence-electron chi connectivity index (χ1n) is 8.49. The molecule has 3 atom stereocenters. The van der Waals surface area contributed by atoms with Crippen molar-refractivity contribution in [2.24, 2.45) is 5.92 Å². The molecule has 2 aliphatic heterocycles. The SMILES string of the molecule is CC(=O)N1CCC(NC2CCCC2C2CCCN2)CC1. The Morgan fingerprint density at radius 3 is 2.55 bits per heavy atom. The van der Waals surface area contributed by atoms with Gasteiger partial charge in [-0.3, -0.25) is 4.79 Å². The second-order valence-corrected chi connectivity index (χ2v) is 6.85. The molecule has 3 unspecified atom stereocenters. The predicted octanol–water partition coefficient (Wildman–Crippen LogP) is 1.51. The van der Waals surface area contributed by atoms with Crippen molar-refractivity contribution in [2.75, 3.05) is 19.6 Å². The Kier molecular flexibility index (Phi) is 4.61. The van der Waals surface area contributed by atoms with E-state index in [1.807, 2.05) is 4.90 Å². The number of carbonyl (C=O) groups excluding carboxylic acids is 1.